The number of rotatable bonds is 2. The highest BCUT2D eigenvalue weighted by Crippen LogP contribution is 2.23. The predicted molar refractivity (Wildman–Crippen MR) is 88.0 cm³/mol. The van der Waals surface area contributed by atoms with Crippen molar-refractivity contribution < 1.29 is 4.79 Å². The van der Waals surface area contributed by atoms with E-state index in [9.17, 15) is 4.79 Å². The smallest absolute Gasteiger partial charge is 0.181 e. The number of likely N-dealkylation sites (N-methyl/N-ethyl adjacent to an activating group) is 2. The molecule has 2 rings (SSSR count). The lowest BCUT2D eigenvalue weighted by molar-refractivity contribution is 0.0839. The molecule has 1 aromatic carbocycles. The molecule has 1 aliphatic heterocycles. The molecular weight excluding hydrogens is 260 g/mol. The summed E-state index contributed by atoms with van der Waals surface area (Å²) in [6.45, 7) is 9.45. The van der Waals surface area contributed by atoms with Gasteiger partial charge in [-0.05, 0) is 44.6 Å². The molecule has 1 aromatic rings. The molecule has 3 nitrogen and oxygen atoms in total. The van der Waals surface area contributed by atoms with Crippen LogP contribution in [0.1, 0.15) is 43.1 Å². The Labute approximate surface area is 128 Å². The van der Waals surface area contributed by atoms with Crippen molar-refractivity contribution in [1.29, 1.82) is 0 Å². The molecule has 0 saturated carbocycles. The molecule has 0 amide bonds. The average molecular weight is 288 g/mol. The summed E-state index contributed by atoms with van der Waals surface area (Å²) < 4.78 is 0. The summed E-state index contributed by atoms with van der Waals surface area (Å²) in [4.78, 5) is 17.3. The molecule has 0 N–H and O–H groups in total. The van der Waals surface area contributed by atoms with Crippen LogP contribution in [0.5, 0.6) is 0 Å². The first-order valence-corrected chi connectivity index (χ1v) is 7.82. The topological polar surface area (TPSA) is 23.6 Å². The maximum Gasteiger partial charge on any atom is 0.181 e. The lowest BCUT2D eigenvalue weighted by atomic mass is 9.86. The predicted octanol–water partition coefficient (Wildman–Crippen LogP) is 2.80. The molecule has 1 heterocycles. The Balaban J connectivity index is 2.18. The van der Waals surface area contributed by atoms with E-state index in [-0.39, 0.29) is 17.2 Å². The second-order valence-corrected chi connectivity index (χ2v) is 7.30. The van der Waals surface area contributed by atoms with E-state index in [0.717, 1.165) is 31.6 Å². The SMILES string of the molecule is CN1CCCN(C)C(C(=O)c2ccc(C(C)(C)C)cc2)C1. The van der Waals surface area contributed by atoms with Gasteiger partial charge in [0.15, 0.2) is 5.78 Å². The molecule has 0 aliphatic carbocycles. The van der Waals surface area contributed by atoms with Gasteiger partial charge in [0.05, 0.1) is 6.04 Å². The highest BCUT2D eigenvalue weighted by Gasteiger charge is 2.27. The second kappa shape index (κ2) is 6.29. The lowest BCUT2D eigenvalue weighted by Gasteiger charge is -2.26. The number of nitrogens with zero attached hydrogens (tertiary/aromatic N) is 2. The van der Waals surface area contributed by atoms with E-state index in [4.69, 9.17) is 0 Å². The van der Waals surface area contributed by atoms with Crippen LogP contribution < -0.4 is 0 Å². The molecule has 1 saturated heterocycles. The van der Waals surface area contributed by atoms with E-state index >= 15 is 0 Å². The third-order valence-corrected chi connectivity index (χ3v) is 4.41. The van der Waals surface area contributed by atoms with Crippen LogP contribution in [0, 0.1) is 0 Å². The Hall–Kier alpha value is -1.19. The van der Waals surface area contributed by atoms with Gasteiger partial charge in [0, 0.05) is 12.1 Å². The zero-order valence-electron chi connectivity index (χ0n) is 14.0. The third kappa shape index (κ3) is 3.92. The van der Waals surface area contributed by atoms with E-state index in [1.807, 2.05) is 12.1 Å². The van der Waals surface area contributed by atoms with Crippen molar-refractivity contribution >= 4 is 5.78 Å². The van der Waals surface area contributed by atoms with Crippen molar-refractivity contribution in [3.8, 4) is 0 Å². The maximum atomic E-state index is 12.8. The molecule has 21 heavy (non-hydrogen) atoms. The lowest BCUT2D eigenvalue weighted by Crippen LogP contribution is -2.43. The Kier molecular flexibility index (Phi) is 4.84. The zero-order valence-corrected chi connectivity index (χ0v) is 14.0. The van der Waals surface area contributed by atoms with Crippen LogP contribution in [-0.4, -0.2) is 55.4 Å². The van der Waals surface area contributed by atoms with E-state index in [0.29, 0.717) is 0 Å². The number of carbonyl (C=O) groups excluding carboxylic acids is 1. The number of hydrogen-bond acceptors (Lipinski definition) is 3. The summed E-state index contributed by atoms with van der Waals surface area (Å²) in [5.41, 5.74) is 2.22. The molecule has 1 atom stereocenters. The summed E-state index contributed by atoms with van der Waals surface area (Å²) >= 11 is 0. The van der Waals surface area contributed by atoms with E-state index < -0.39 is 0 Å². The summed E-state index contributed by atoms with van der Waals surface area (Å²) in [6, 6.07) is 8.13. The number of hydrogen-bond donors (Lipinski definition) is 0. The first-order chi connectivity index (χ1) is 9.79. The quantitative estimate of drug-likeness (QED) is 0.782. The average Bonchev–Trinajstić information content (AvgIpc) is 2.59. The van der Waals surface area contributed by atoms with Crippen LogP contribution >= 0.6 is 0 Å². The zero-order chi connectivity index (χ0) is 15.6. The summed E-state index contributed by atoms with van der Waals surface area (Å²) in [6.07, 6.45) is 1.12. The highest BCUT2D eigenvalue weighted by molar-refractivity contribution is 6.00. The van der Waals surface area contributed by atoms with Crippen LogP contribution in [0.25, 0.3) is 0 Å². The third-order valence-electron chi connectivity index (χ3n) is 4.41. The van der Waals surface area contributed by atoms with Gasteiger partial charge in [0.2, 0.25) is 0 Å². The van der Waals surface area contributed by atoms with E-state index in [2.05, 4.69) is 56.8 Å². The van der Waals surface area contributed by atoms with Gasteiger partial charge in [-0.2, -0.15) is 0 Å². The molecule has 1 fully saturated rings. The first kappa shape index (κ1) is 16.2. The van der Waals surface area contributed by atoms with Crippen LogP contribution in [-0.2, 0) is 5.41 Å². The van der Waals surface area contributed by atoms with Crippen molar-refractivity contribution in [1.82, 2.24) is 9.80 Å². The number of carbonyl (C=O) groups is 1. The Morgan fingerprint density at radius 3 is 2.29 bits per heavy atom. The Bertz CT molecular complexity index is 487. The van der Waals surface area contributed by atoms with Crippen LogP contribution in [0.3, 0.4) is 0 Å². The van der Waals surface area contributed by atoms with Crippen molar-refractivity contribution in [2.75, 3.05) is 33.7 Å². The minimum Gasteiger partial charge on any atom is -0.304 e. The van der Waals surface area contributed by atoms with Gasteiger partial charge in [0.1, 0.15) is 0 Å². The van der Waals surface area contributed by atoms with E-state index in [1.165, 1.54) is 5.56 Å². The molecule has 0 aromatic heterocycles. The number of Topliss-reactive ketones (excluding diaryl/α,β-unsaturated/α-hetero) is 1. The van der Waals surface area contributed by atoms with Gasteiger partial charge in [0.25, 0.3) is 0 Å². The molecule has 3 heteroatoms. The van der Waals surface area contributed by atoms with Crippen molar-refractivity contribution in [2.24, 2.45) is 0 Å². The molecule has 116 valence electrons. The minimum absolute atomic E-state index is 0.0296. The van der Waals surface area contributed by atoms with Crippen molar-refractivity contribution in [3.05, 3.63) is 35.4 Å². The number of ketones is 1. The minimum atomic E-state index is -0.0296. The van der Waals surface area contributed by atoms with Crippen molar-refractivity contribution in [3.63, 3.8) is 0 Å². The fourth-order valence-corrected chi connectivity index (χ4v) is 2.88. The van der Waals surface area contributed by atoms with Gasteiger partial charge < -0.3 is 4.90 Å². The molecule has 1 aliphatic rings. The first-order valence-electron chi connectivity index (χ1n) is 7.82. The van der Waals surface area contributed by atoms with Gasteiger partial charge in [-0.3, -0.25) is 9.69 Å². The van der Waals surface area contributed by atoms with E-state index in [1.54, 1.807) is 0 Å². The maximum absolute atomic E-state index is 12.8. The van der Waals surface area contributed by atoms with Gasteiger partial charge >= 0.3 is 0 Å². The second-order valence-electron chi connectivity index (χ2n) is 7.30. The molecule has 0 spiro atoms. The Morgan fingerprint density at radius 2 is 1.71 bits per heavy atom. The molecule has 0 radical (unpaired) electrons. The fraction of sp³-hybridized carbons (Fsp3) is 0.611. The largest absolute Gasteiger partial charge is 0.304 e. The molecule has 1 unspecified atom stereocenters. The normalized spacial score (nSPS) is 22.0. The van der Waals surface area contributed by atoms with Crippen LogP contribution in [0.4, 0.5) is 0 Å². The van der Waals surface area contributed by atoms with Gasteiger partial charge in [-0.1, -0.05) is 45.0 Å². The Morgan fingerprint density at radius 1 is 1.10 bits per heavy atom. The molecular formula is C18H28N2O. The monoisotopic (exact) mass is 288 g/mol. The summed E-state index contributed by atoms with van der Waals surface area (Å²) in [7, 11) is 4.16. The number of benzene rings is 1. The standard InChI is InChI=1S/C18H28N2O/c1-18(2,3)15-9-7-14(8-10-15)17(21)16-13-19(4)11-6-12-20(16)5/h7-10,16H,6,11-13H2,1-5H3. The van der Waals surface area contributed by atoms with Crippen LogP contribution in [0.2, 0.25) is 0 Å². The molecule has 0 bridgehead atoms. The summed E-state index contributed by atoms with van der Waals surface area (Å²) in [5, 5.41) is 0. The van der Waals surface area contributed by atoms with Gasteiger partial charge in [-0.15, -0.1) is 0 Å². The van der Waals surface area contributed by atoms with Crippen molar-refractivity contribution in [2.45, 2.75) is 38.6 Å². The van der Waals surface area contributed by atoms with Crippen LogP contribution in [0.15, 0.2) is 24.3 Å². The van der Waals surface area contributed by atoms with Gasteiger partial charge in [-0.25, -0.2) is 0 Å². The fourth-order valence-electron chi connectivity index (χ4n) is 2.88. The highest BCUT2D eigenvalue weighted by atomic mass is 16.1. The summed E-state index contributed by atoms with van der Waals surface area (Å²) in [5.74, 6) is 0.242.